The molecule has 2 saturated heterocycles. The third kappa shape index (κ3) is 6.83. The van der Waals surface area contributed by atoms with Crippen LogP contribution >= 0.6 is 0 Å². The number of aryl methyl sites for hydroxylation is 1. The molecule has 0 spiro atoms. The Bertz CT molecular complexity index is 2390. The Hall–Kier alpha value is -5.64. The monoisotopic (exact) mass is 758 g/mol. The van der Waals surface area contributed by atoms with Crippen molar-refractivity contribution in [3.8, 4) is 5.75 Å². The highest BCUT2D eigenvalue weighted by molar-refractivity contribution is 6.00. The Kier molecular flexibility index (Phi) is 9.61. The fraction of sp³-hybridized carbons (Fsp3) is 0.410. The second-order valence-electron chi connectivity index (χ2n) is 14.8. The van der Waals surface area contributed by atoms with Crippen LogP contribution in [-0.4, -0.2) is 79.4 Å². The van der Waals surface area contributed by atoms with Crippen molar-refractivity contribution in [2.75, 3.05) is 37.6 Å². The number of carbonyl (C=O) groups is 3. The highest BCUT2D eigenvalue weighted by Gasteiger charge is 2.32. The third-order valence-electron chi connectivity index (χ3n) is 11.5. The van der Waals surface area contributed by atoms with E-state index in [0.29, 0.717) is 18.1 Å². The minimum absolute atomic E-state index is 0.115. The molecule has 2 aromatic heterocycles. The second-order valence-corrected chi connectivity index (χ2v) is 14.8. The maximum Gasteiger partial charge on any atom is 0.329 e. The van der Waals surface area contributed by atoms with Crippen LogP contribution in [0.3, 0.4) is 0 Å². The van der Waals surface area contributed by atoms with Gasteiger partial charge in [-0.15, -0.1) is 0 Å². The normalized spacial score (nSPS) is 21.0. The molecule has 3 aromatic carbocycles. The summed E-state index contributed by atoms with van der Waals surface area (Å²) in [5.41, 5.74) is 3.40. The van der Waals surface area contributed by atoms with Crippen molar-refractivity contribution in [3.63, 3.8) is 0 Å². The van der Waals surface area contributed by atoms with Crippen LogP contribution < -0.4 is 21.2 Å². The Balaban J connectivity index is 0.864. The van der Waals surface area contributed by atoms with Gasteiger partial charge in [-0.3, -0.25) is 38.4 Å². The van der Waals surface area contributed by atoms with Gasteiger partial charge in [0.1, 0.15) is 6.04 Å². The van der Waals surface area contributed by atoms with Crippen molar-refractivity contribution in [1.82, 2.24) is 34.4 Å². The smallest absolute Gasteiger partial charge is 0.329 e. The average Bonchev–Trinajstić information content (AvgIpc) is 3.73. The number of piperazine rings is 1. The number of nitrogens with one attached hydrogen (secondary N) is 2. The average molecular weight is 759 g/mol. The largest absolute Gasteiger partial charge is 0.503 e. The lowest BCUT2D eigenvalue weighted by molar-refractivity contribution is -0.135. The van der Waals surface area contributed by atoms with Crippen LogP contribution in [0.5, 0.6) is 5.75 Å². The summed E-state index contributed by atoms with van der Waals surface area (Å²) < 4.78 is 46.7. The molecule has 3 aliphatic rings. The maximum absolute atomic E-state index is 14.1. The number of imidazole rings is 1. The number of rotatable bonds is 8. The van der Waals surface area contributed by atoms with E-state index < -0.39 is 46.6 Å². The van der Waals surface area contributed by atoms with Gasteiger partial charge >= 0.3 is 5.69 Å². The van der Waals surface area contributed by atoms with Gasteiger partial charge in [0.05, 0.1) is 28.2 Å². The van der Waals surface area contributed by atoms with E-state index in [-0.39, 0.29) is 42.9 Å². The molecule has 5 aromatic rings. The van der Waals surface area contributed by atoms with Crippen molar-refractivity contribution in [2.24, 2.45) is 13.0 Å². The summed E-state index contributed by atoms with van der Waals surface area (Å²) in [6.45, 7) is 4.12. The zero-order valence-electron chi connectivity index (χ0n) is 30.2. The van der Waals surface area contributed by atoms with Crippen molar-refractivity contribution in [2.45, 2.75) is 57.2 Å². The van der Waals surface area contributed by atoms with Gasteiger partial charge in [0.15, 0.2) is 17.4 Å². The zero-order valence-corrected chi connectivity index (χ0v) is 30.2. The number of carbonyl (C=O) groups excluding carboxylic acids is 3. The van der Waals surface area contributed by atoms with Gasteiger partial charge in [-0.1, -0.05) is 12.1 Å². The first-order valence-corrected chi connectivity index (χ1v) is 18.6. The molecule has 55 heavy (non-hydrogen) atoms. The topological polar surface area (TPSA) is 147 Å². The van der Waals surface area contributed by atoms with Gasteiger partial charge in [-0.2, -0.15) is 9.49 Å². The Labute approximate surface area is 313 Å². The van der Waals surface area contributed by atoms with E-state index in [9.17, 15) is 37.5 Å². The number of hydrogen-bond acceptors (Lipinski definition) is 8. The van der Waals surface area contributed by atoms with E-state index in [4.69, 9.17) is 5.10 Å². The van der Waals surface area contributed by atoms with Crippen LogP contribution in [0.2, 0.25) is 0 Å². The van der Waals surface area contributed by atoms with Gasteiger partial charge in [-0.25, -0.2) is 13.6 Å². The summed E-state index contributed by atoms with van der Waals surface area (Å²) in [6, 6.07) is 12.1. The van der Waals surface area contributed by atoms with Gasteiger partial charge in [0, 0.05) is 70.0 Å². The molecule has 0 bridgehead atoms. The van der Waals surface area contributed by atoms with Crippen molar-refractivity contribution in [1.29, 1.82) is 0 Å². The molecule has 16 heteroatoms. The predicted molar refractivity (Wildman–Crippen MR) is 197 cm³/mol. The molecule has 4 heterocycles. The number of aromatic hydroxyl groups is 1. The van der Waals surface area contributed by atoms with Crippen molar-refractivity contribution < 1.29 is 32.7 Å². The summed E-state index contributed by atoms with van der Waals surface area (Å²) in [4.78, 5) is 54.9. The molecule has 3 amide bonds. The molecule has 1 atom stereocenters. The minimum Gasteiger partial charge on any atom is -0.503 e. The van der Waals surface area contributed by atoms with Gasteiger partial charge in [-0.05, 0) is 73.9 Å². The number of imide groups is 1. The van der Waals surface area contributed by atoms with Crippen LogP contribution in [0.15, 0.2) is 53.5 Å². The number of para-hydroxylation sites is 1. The molecular formula is C39H41F3N8O5. The Morgan fingerprint density at radius 1 is 0.964 bits per heavy atom. The van der Waals surface area contributed by atoms with E-state index in [1.165, 1.54) is 4.57 Å². The molecule has 288 valence electrons. The Morgan fingerprint density at radius 2 is 1.73 bits per heavy atom. The first-order valence-electron chi connectivity index (χ1n) is 18.6. The summed E-state index contributed by atoms with van der Waals surface area (Å²) in [7, 11) is 1.72. The van der Waals surface area contributed by atoms with Crippen LogP contribution in [-0.2, 0) is 23.2 Å². The molecule has 2 aliphatic heterocycles. The minimum atomic E-state index is -1.79. The van der Waals surface area contributed by atoms with Crippen LogP contribution in [0.1, 0.15) is 66.5 Å². The van der Waals surface area contributed by atoms with Crippen molar-refractivity contribution >= 4 is 45.3 Å². The quantitative estimate of drug-likeness (QED) is 0.157. The highest BCUT2D eigenvalue weighted by Crippen LogP contribution is 2.34. The first kappa shape index (κ1) is 36.3. The SMILES string of the molecule is Cn1c(=O)n(C2CCC(=O)NC2=O)c2cccc(CN3CCN(c4ccc5cn([C@H]6CC[C@H](CNC(=O)c7cc(F)c(O)c(F)c7F)CC6)nc5c4)CC3)c21. The van der Waals surface area contributed by atoms with Gasteiger partial charge in [0.2, 0.25) is 17.6 Å². The number of anilines is 1. The Morgan fingerprint density at radius 3 is 2.47 bits per heavy atom. The zero-order chi connectivity index (χ0) is 38.5. The van der Waals surface area contributed by atoms with Gasteiger partial charge in [0.25, 0.3) is 5.91 Å². The number of piperidine rings is 1. The van der Waals surface area contributed by atoms with E-state index in [0.717, 1.165) is 79.5 Å². The second kappa shape index (κ2) is 14.5. The summed E-state index contributed by atoms with van der Waals surface area (Å²) in [5, 5.41) is 20.1. The number of hydrogen-bond donors (Lipinski definition) is 3. The number of nitrogens with zero attached hydrogens (tertiary/aromatic N) is 6. The molecule has 13 nitrogen and oxygen atoms in total. The molecule has 3 N–H and O–H groups in total. The molecule has 0 radical (unpaired) electrons. The number of amides is 3. The number of halogens is 3. The number of fused-ring (bicyclic) bond motifs is 2. The summed E-state index contributed by atoms with van der Waals surface area (Å²) in [5.74, 6) is -7.81. The van der Waals surface area contributed by atoms with E-state index in [2.05, 4.69) is 44.8 Å². The van der Waals surface area contributed by atoms with Crippen LogP contribution in [0.25, 0.3) is 21.9 Å². The summed E-state index contributed by atoms with van der Waals surface area (Å²) >= 11 is 0. The number of phenolic OH excluding ortho intramolecular Hbond substituents is 1. The number of benzene rings is 3. The molecule has 1 unspecified atom stereocenters. The number of aromatic nitrogens is 4. The fourth-order valence-corrected chi connectivity index (χ4v) is 8.39. The lowest BCUT2D eigenvalue weighted by Gasteiger charge is -2.36. The molecule has 8 rings (SSSR count). The molecule has 1 saturated carbocycles. The third-order valence-corrected chi connectivity index (χ3v) is 11.5. The highest BCUT2D eigenvalue weighted by atomic mass is 19.2. The predicted octanol–water partition coefficient (Wildman–Crippen LogP) is 4.27. The first-order chi connectivity index (χ1) is 26.5. The standard InChI is InChI=1S/C39H41F3N8O5/c1-46-35-24(3-2-4-30(35)50(39(46)55)31-11-12-32(51)44-38(31)54)20-47-13-15-48(16-14-47)26-10-7-23-21-49(45-29(23)17-26)25-8-5-22(6-9-25)19-43-37(53)27-18-28(40)36(52)34(42)33(27)41/h2-4,7,10,17-18,21-22,25,31,52H,5-6,8-9,11-16,19-20H2,1H3,(H,43,53)(H,44,51,54)/t22-,25-,31?. The lowest BCUT2D eigenvalue weighted by atomic mass is 9.86. The molecule has 3 fully saturated rings. The van der Waals surface area contributed by atoms with Crippen LogP contribution in [0, 0.1) is 23.4 Å². The van der Waals surface area contributed by atoms with Crippen molar-refractivity contribution in [3.05, 3.63) is 87.7 Å². The molecule has 1 aliphatic carbocycles. The fourth-order valence-electron chi connectivity index (χ4n) is 8.39. The summed E-state index contributed by atoms with van der Waals surface area (Å²) in [6.07, 6.45) is 5.76. The number of phenols is 1. The van der Waals surface area contributed by atoms with Gasteiger partial charge < -0.3 is 15.3 Å². The van der Waals surface area contributed by atoms with Crippen LogP contribution in [0.4, 0.5) is 18.9 Å². The van der Waals surface area contributed by atoms with E-state index in [1.54, 1.807) is 11.6 Å². The molecular weight excluding hydrogens is 717 g/mol. The maximum atomic E-state index is 14.1. The van der Waals surface area contributed by atoms with E-state index >= 15 is 0 Å². The van der Waals surface area contributed by atoms with E-state index in [1.807, 2.05) is 22.9 Å². The lowest BCUT2D eigenvalue weighted by Crippen LogP contribution is -2.46.